The highest BCUT2D eigenvalue weighted by Crippen LogP contribution is 2.70. The van der Waals surface area contributed by atoms with Gasteiger partial charge in [0.15, 0.2) is 12.6 Å². The number of fused-ring (bicyclic) bond motifs is 7. The van der Waals surface area contributed by atoms with E-state index in [1.165, 1.54) is 38.2 Å². The van der Waals surface area contributed by atoms with Crippen molar-refractivity contribution in [3.8, 4) is 0 Å². The Morgan fingerprint density at radius 1 is 0.843 bits per heavy atom. The summed E-state index contributed by atoms with van der Waals surface area (Å²) in [5, 5.41) is 67.0. The molecule has 0 aromatic carbocycles. The van der Waals surface area contributed by atoms with Crippen LogP contribution in [0, 0.1) is 46.3 Å². The molecule has 3 saturated carbocycles. The van der Waals surface area contributed by atoms with E-state index in [1.54, 1.807) is 0 Å². The van der Waals surface area contributed by atoms with Crippen LogP contribution in [-0.2, 0) is 23.7 Å². The van der Waals surface area contributed by atoms with Gasteiger partial charge in [-0.25, -0.2) is 0 Å². The Morgan fingerprint density at radius 2 is 1.59 bits per heavy atom. The zero-order chi connectivity index (χ0) is 36.2. The van der Waals surface area contributed by atoms with E-state index in [2.05, 4.69) is 39.1 Å². The van der Waals surface area contributed by atoms with E-state index < -0.39 is 68.0 Å². The maximum Gasteiger partial charge on any atom is 0.187 e. The topological polar surface area (TPSA) is 180 Å². The summed E-state index contributed by atoms with van der Waals surface area (Å²) in [6, 6.07) is 0. The van der Waals surface area contributed by atoms with E-state index >= 15 is 0 Å². The first-order valence-corrected chi connectivity index (χ1v) is 20.0. The summed E-state index contributed by atoms with van der Waals surface area (Å²) in [6.07, 6.45) is -1.11. The number of aliphatic hydroxyl groups is 6. The predicted molar refractivity (Wildman–Crippen MR) is 184 cm³/mol. The number of nitrogens with one attached hydrogen (secondary N) is 1. The molecule has 0 radical (unpaired) electrons. The summed E-state index contributed by atoms with van der Waals surface area (Å²) in [5.41, 5.74) is 1.66. The molecule has 0 amide bonds. The molecule has 12 nitrogen and oxygen atoms in total. The Kier molecular flexibility index (Phi) is 9.83. The first-order valence-electron chi connectivity index (χ1n) is 20.0. The van der Waals surface area contributed by atoms with Crippen molar-refractivity contribution >= 4 is 0 Å². The Bertz CT molecular complexity index is 1310. The molecule has 7 N–H and O–H groups in total. The second-order valence-corrected chi connectivity index (χ2v) is 18.4. The fraction of sp³-hybridized carbons (Fsp3) is 0.949. The molecular formula is C39H63NO11. The number of aliphatic hydroxyl groups excluding tert-OH is 6. The van der Waals surface area contributed by atoms with Crippen molar-refractivity contribution in [3.63, 3.8) is 0 Å². The van der Waals surface area contributed by atoms with Gasteiger partial charge in [-0.15, -0.1) is 0 Å². The average molecular weight is 722 g/mol. The Balaban J connectivity index is 0.915. The number of allylic oxidation sites excluding steroid dienone is 1. The van der Waals surface area contributed by atoms with Gasteiger partial charge in [0.25, 0.3) is 0 Å². The lowest BCUT2D eigenvalue weighted by molar-refractivity contribution is -0.360. The van der Waals surface area contributed by atoms with Gasteiger partial charge in [0.2, 0.25) is 0 Å². The molecule has 0 unspecified atom stereocenters. The summed E-state index contributed by atoms with van der Waals surface area (Å²) in [5.74, 6) is 3.74. The van der Waals surface area contributed by atoms with Crippen LogP contribution in [0.25, 0.3) is 0 Å². The molecule has 0 bridgehead atoms. The quantitative estimate of drug-likeness (QED) is 0.206. The second-order valence-electron chi connectivity index (χ2n) is 18.4. The van der Waals surface area contributed by atoms with Crippen LogP contribution < -0.4 is 5.32 Å². The number of hydrogen-bond acceptors (Lipinski definition) is 12. The lowest BCUT2D eigenvalue weighted by Gasteiger charge is -2.59. The van der Waals surface area contributed by atoms with Gasteiger partial charge in [0, 0.05) is 12.5 Å². The molecule has 4 saturated heterocycles. The number of piperidine rings is 1. The van der Waals surface area contributed by atoms with Crippen LogP contribution in [0.3, 0.4) is 0 Å². The van der Waals surface area contributed by atoms with Gasteiger partial charge in [0.1, 0.15) is 48.5 Å². The highest BCUT2D eigenvalue weighted by Gasteiger charge is 2.68. The van der Waals surface area contributed by atoms with E-state index in [-0.39, 0.29) is 17.2 Å². The van der Waals surface area contributed by atoms with Crippen LogP contribution in [0.15, 0.2) is 11.6 Å². The molecule has 290 valence electrons. The van der Waals surface area contributed by atoms with E-state index in [0.717, 1.165) is 38.6 Å². The minimum Gasteiger partial charge on any atom is -0.394 e. The van der Waals surface area contributed by atoms with E-state index in [4.69, 9.17) is 23.7 Å². The van der Waals surface area contributed by atoms with E-state index in [0.29, 0.717) is 47.0 Å². The molecule has 4 aliphatic heterocycles. The molecule has 0 aromatic heterocycles. The summed E-state index contributed by atoms with van der Waals surface area (Å²) in [4.78, 5) is 0. The van der Waals surface area contributed by atoms with Crippen LogP contribution in [0.1, 0.15) is 92.4 Å². The van der Waals surface area contributed by atoms with E-state index in [9.17, 15) is 30.6 Å². The lowest BCUT2D eigenvalue weighted by Crippen LogP contribution is -2.64. The zero-order valence-electron chi connectivity index (χ0n) is 31.0. The molecular weight excluding hydrogens is 658 g/mol. The van der Waals surface area contributed by atoms with Crippen LogP contribution in [-0.4, -0.2) is 123 Å². The van der Waals surface area contributed by atoms with Gasteiger partial charge in [-0.3, -0.25) is 5.32 Å². The summed E-state index contributed by atoms with van der Waals surface area (Å²) < 4.78 is 30.7. The molecule has 4 heterocycles. The van der Waals surface area contributed by atoms with Crippen molar-refractivity contribution in [3.05, 3.63) is 11.6 Å². The standard InChI is InChI=1S/C39H63NO11/c1-18-8-13-39(40-16-18)19(2)28-26(51-39)15-25-23-7-6-21-14-22(9-11-37(21,4)24(23)10-12-38(25,28)5)48-36-33(46)31(44)34(27(17-41)49-36)50-35-32(45)30(43)29(42)20(3)47-35/h6,18-20,22-36,40-46H,7-17H2,1-5H3/t18-,19+,20+,22+,23-,24+,25+,26+,27-,28+,29+,30-,31-,32-,33-,34-,35+,36-,37+,38+,39-/m0/s1. The molecule has 0 aromatic rings. The predicted octanol–water partition coefficient (Wildman–Crippen LogP) is 1.96. The Labute approximate surface area is 302 Å². The minimum absolute atomic E-state index is 0.0881. The van der Waals surface area contributed by atoms with Gasteiger partial charge in [-0.05, 0) is 105 Å². The number of ether oxygens (including phenoxy) is 5. The summed E-state index contributed by atoms with van der Waals surface area (Å²) in [7, 11) is 0. The lowest BCUT2D eigenvalue weighted by atomic mass is 9.47. The van der Waals surface area contributed by atoms with Crippen LogP contribution in [0.4, 0.5) is 0 Å². The minimum atomic E-state index is -1.60. The van der Waals surface area contributed by atoms with Crippen molar-refractivity contribution < 1.29 is 54.3 Å². The third-order valence-corrected chi connectivity index (χ3v) is 15.8. The zero-order valence-corrected chi connectivity index (χ0v) is 31.0. The van der Waals surface area contributed by atoms with E-state index in [1.807, 2.05) is 0 Å². The monoisotopic (exact) mass is 721 g/mol. The maximum atomic E-state index is 11.1. The van der Waals surface area contributed by atoms with Crippen LogP contribution >= 0.6 is 0 Å². The smallest absolute Gasteiger partial charge is 0.187 e. The third-order valence-electron chi connectivity index (χ3n) is 15.8. The number of rotatable bonds is 5. The van der Waals surface area contributed by atoms with Gasteiger partial charge in [-0.2, -0.15) is 0 Å². The Morgan fingerprint density at radius 3 is 2.31 bits per heavy atom. The molecule has 7 fully saturated rings. The molecule has 51 heavy (non-hydrogen) atoms. The largest absolute Gasteiger partial charge is 0.394 e. The average Bonchev–Trinajstić information content (AvgIpc) is 3.56. The van der Waals surface area contributed by atoms with Crippen molar-refractivity contribution in [2.24, 2.45) is 46.3 Å². The maximum absolute atomic E-state index is 11.1. The second kappa shape index (κ2) is 13.5. The molecule has 8 rings (SSSR count). The molecule has 4 aliphatic carbocycles. The van der Waals surface area contributed by atoms with Gasteiger partial charge in [-0.1, -0.05) is 39.3 Å². The summed E-state index contributed by atoms with van der Waals surface area (Å²) >= 11 is 0. The molecule has 12 heteroatoms. The van der Waals surface area contributed by atoms with Gasteiger partial charge < -0.3 is 54.3 Å². The first-order chi connectivity index (χ1) is 24.2. The molecule has 8 aliphatic rings. The highest BCUT2D eigenvalue weighted by atomic mass is 16.7. The van der Waals surface area contributed by atoms with Crippen molar-refractivity contribution in [1.82, 2.24) is 5.32 Å². The molecule has 1 spiro atoms. The van der Waals surface area contributed by atoms with Gasteiger partial charge in [0.05, 0.1) is 24.9 Å². The van der Waals surface area contributed by atoms with Crippen molar-refractivity contribution in [1.29, 1.82) is 0 Å². The fourth-order valence-corrected chi connectivity index (χ4v) is 12.7. The van der Waals surface area contributed by atoms with Gasteiger partial charge >= 0.3 is 0 Å². The normalized spacial score (nSPS) is 58.4. The van der Waals surface area contributed by atoms with Crippen molar-refractivity contribution in [2.75, 3.05) is 13.2 Å². The molecule has 21 atom stereocenters. The van der Waals surface area contributed by atoms with Crippen LogP contribution in [0.2, 0.25) is 0 Å². The van der Waals surface area contributed by atoms with Crippen molar-refractivity contribution in [2.45, 2.75) is 172 Å². The Hall–Kier alpha value is -0.740. The SMILES string of the molecule is C[C@H]1CC[C@]2(NC1)O[C@@H]1C[C@@H]3[C@H]4CC=C5C[C@H](O[C@H]6O[C@@H](CO)[C@H](O[C@H]7O[C@H](C)[C@@H](O)[C@H](O)[C@@H]7O)[C@@H](O)[C@@H]6O)CC[C@@]5(C)[C@@H]4CC[C@@]3(C)[C@@H]1[C@H]2C. The van der Waals surface area contributed by atoms with Crippen LogP contribution in [0.5, 0.6) is 0 Å². The third kappa shape index (κ3) is 5.84. The first kappa shape index (κ1) is 37.2. The summed E-state index contributed by atoms with van der Waals surface area (Å²) in [6.45, 7) is 11.9. The highest BCUT2D eigenvalue weighted by molar-refractivity contribution is 5.26. The number of hydrogen-bond donors (Lipinski definition) is 7. The fourth-order valence-electron chi connectivity index (χ4n) is 12.7.